The van der Waals surface area contributed by atoms with Crippen LogP contribution in [0.2, 0.25) is 0 Å². The number of hydrogen-bond acceptors (Lipinski definition) is 6. The minimum absolute atomic E-state index is 0.252. The number of pyridine rings is 1. The van der Waals surface area contributed by atoms with Crippen molar-refractivity contribution < 1.29 is 4.74 Å². The average molecular weight is 375 g/mol. The Kier molecular flexibility index (Phi) is 4.05. The Morgan fingerprint density at radius 1 is 1.18 bits per heavy atom. The van der Waals surface area contributed by atoms with Crippen LogP contribution >= 0.6 is 0 Å². The third-order valence-corrected chi connectivity index (χ3v) is 5.12. The molecule has 1 aliphatic rings. The lowest BCUT2D eigenvalue weighted by Crippen LogP contribution is -2.44. The van der Waals surface area contributed by atoms with Crippen LogP contribution in [-0.4, -0.2) is 55.6 Å². The maximum Gasteiger partial charge on any atom is 0.162 e. The summed E-state index contributed by atoms with van der Waals surface area (Å²) in [6, 6.07) is 8.37. The lowest BCUT2D eigenvalue weighted by atomic mass is 10.1. The van der Waals surface area contributed by atoms with Gasteiger partial charge in [-0.3, -0.25) is 10.1 Å². The number of H-pyrrole nitrogens is 1. The number of rotatable bonds is 3. The number of hydrogen-bond donors (Lipinski definition) is 1. The van der Waals surface area contributed by atoms with Crippen molar-refractivity contribution in [2.24, 2.45) is 0 Å². The summed E-state index contributed by atoms with van der Waals surface area (Å²) in [5.41, 5.74) is 5.54. The minimum atomic E-state index is 0.252. The molecule has 0 aromatic carbocycles. The van der Waals surface area contributed by atoms with E-state index in [-0.39, 0.29) is 6.04 Å². The van der Waals surface area contributed by atoms with Gasteiger partial charge < -0.3 is 9.64 Å². The first kappa shape index (κ1) is 16.9. The van der Waals surface area contributed by atoms with Crippen molar-refractivity contribution in [1.82, 2.24) is 29.8 Å². The highest BCUT2D eigenvalue weighted by Gasteiger charge is 2.23. The van der Waals surface area contributed by atoms with Gasteiger partial charge in [0.1, 0.15) is 5.69 Å². The lowest BCUT2D eigenvalue weighted by molar-refractivity contribution is 0.0984. The Morgan fingerprint density at radius 2 is 2.11 bits per heavy atom. The molecule has 0 spiro atoms. The van der Waals surface area contributed by atoms with Crippen LogP contribution in [0, 0.1) is 6.92 Å². The van der Waals surface area contributed by atoms with Crippen molar-refractivity contribution in [1.29, 1.82) is 0 Å². The monoisotopic (exact) mass is 375 g/mol. The molecule has 0 saturated carbocycles. The molecule has 0 radical (unpaired) electrons. The van der Waals surface area contributed by atoms with Crippen molar-refractivity contribution in [2.75, 3.05) is 24.7 Å². The molecule has 1 unspecified atom stereocenters. The molecular weight excluding hydrogens is 354 g/mol. The zero-order chi connectivity index (χ0) is 19.1. The summed E-state index contributed by atoms with van der Waals surface area (Å²) in [7, 11) is 0. The van der Waals surface area contributed by atoms with Gasteiger partial charge in [0, 0.05) is 35.8 Å². The van der Waals surface area contributed by atoms with Gasteiger partial charge in [-0.25, -0.2) is 9.50 Å². The largest absolute Gasteiger partial charge is 0.377 e. The van der Waals surface area contributed by atoms with Crippen LogP contribution in [0.5, 0.6) is 0 Å². The highest BCUT2D eigenvalue weighted by atomic mass is 16.5. The van der Waals surface area contributed by atoms with Crippen molar-refractivity contribution >= 4 is 11.5 Å². The van der Waals surface area contributed by atoms with Gasteiger partial charge in [0.15, 0.2) is 11.5 Å². The minimum Gasteiger partial charge on any atom is -0.377 e. The first-order chi connectivity index (χ1) is 13.7. The van der Waals surface area contributed by atoms with Gasteiger partial charge >= 0.3 is 0 Å². The maximum absolute atomic E-state index is 5.60. The quantitative estimate of drug-likeness (QED) is 0.593. The molecule has 0 aliphatic carbocycles. The van der Waals surface area contributed by atoms with E-state index in [2.05, 4.69) is 44.1 Å². The Balaban J connectivity index is 1.74. The Bertz CT molecular complexity index is 1100. The fourth-order valence-electron chi connectivity index (χ4n) is 3.59. The predicted molar refractivity (Wildman–Crippen MR) is 106 cm³/mol. The maximum atomic E-state index is 5.60. The van der Waals surface area contributed by atoms with E-state index in [4.69, 9.17) is 9.84 Å². The second-order valence-corrected chi connectivity index (χ2v) is 7.07. The fourth-order valence-corrected chi connectivity index (χ4v) is 3.59. The van der Waals surface area contributed by atoms with Gasteiger partial charge in [-0.2, -0.15) is 5.10 Å². The second kappa shape index (κ2) is 6.72. The standard InChI is InChI=1S/C20H21N7O/c1-13-3-4-15(10-21-13)16-9-19(26-7-8-28-12-14(26)2)25-27-18(11-22-20(16)27)17-5-6-23-24-17/h3-6,9-11,14H,7-8,12H2,1-2H3,(H,23,24). The van der Waals surface area contributed by atoms with Gasteiger partial charge in [-0.05, 0) is 32.0 Å². The number of morpholine rings is 1. The van der Waals surface area contributed by atoms with Crippen molar-refractivity contribution in [3.8, 4) is 22.5 Å². The SMILES string of the molecule is Cc1ccc(-c2cc(N3CCOCC3C)nn3c(-c4ccn[nH]4)cnc23)cn1. The van der Waals surface area contributed by atoms with Gasteiger partial charge in [0.05, 0.1) is 31.1 Å². The first-order valence-electron chi connectivity index (χ1n) is 9.36. The van der Waals surface area contributed by atoms with Crippen LogP contribution in [0.15, 0.2) is 42.9 Å². The summed E-state index contributed by atoms with van der Waals surface area (Å²) in [6.45, 7) is 6.33. The van der Waals surface area contributed by atoms with E-state index in [1.165, 1.54) is 0 Å². The summed E-state index contributed by atoms with van der Waals surface area (Å²) in [5, 5.41) is 12.0. The number of fused-ring (bicyclic) bond motifs is 1. The normalized spacial score (nSPS) is 17.4. The second-order valence-electron chi connectivity index (χ2n) is 7.07. The Morgan fingerprint density at radius 3 is 2.86 bits per heavy atom. The molecule has 4 aromatic rings. The van der Waals surface area contributed by atoms with Crippen LogP contribution in [0.3, 0.4) is 0 Å². The van der Waals surface area contributed by atoms with E-state index in [1.54, 1.807) is 6.20 Å². The van der Waals surface area contributed by atoms with Crippen molar-refractivity contribution in [2.45, 2.75) is 19.9 Å². The van der Waals surface area contributed by atoms with Crippen LogP contribution in [0.4, 0.5) is 5.82 Å². The molecular formula is C20H21N7O. The van der Waals surface area contributed by atoms with Crippen molar-refractivity contribution in [3.05, 3.63) is 48.5 Å². The van der Waals surface area contributed by atoms with Crippen LogP contribution in [0.25, 0.3) is 28.2 Å². The number of aryl methyl sites for hydroxylation is 1. The number of aromatic amines is 1. The number of nitrogens with one attached hydrogen (secondary N) is 1. The fraction of sp³-hybridized carbons (Fsp3) is 0.300. The number of imidazole rings is 1. The van der Waals surface area contributed by atoms with Crippen LogP contribution < -0.4 is 4.90 Å². The third kappa shape index (κ3) is 2.82. The van der Waals surface area contributed by atoms with Gasteiger partial charge in [0.2, 0.25) is 0 Å². The zero-order valence-electron chi connectivity index (χ0n) is 15.8. The van der Waals surface area contributed by atoms with E-state index in [9.17, 15) is 0 Å². The number of aromatic nitrogens is 6. The molecule has 142 valence electrons. The molecule has 1 atom stereocenters. The molecule has 1 aliphatic heterocycles. The molecule has 0 bridgehead atoms. The van der Waals surface area contributed by atoms with E-state index in [1.807, 2.05) is 36.0 Å². The average Bonchev–Trinajstić information content (AvgIpc) is 3.38. The molecule has 1 fully saturated rings. The van der Waals surface area contributed by atoms with Gasteiger partial charge in [0.25, 0.3) is 0 Å². The third-order valence-electron chi connectivity index (χ3n) is 5.12. The molecule has 1 N–H and O–H groups in total. The van der Waals surface area contributed by atoms with E-state index in [0.717, 1.165) is 46.2 Å². The molecule has 8 heteroatoms. The van der Waals surface area contributed by atoms with E-state index < -0.39 is 0 Å². The summed E-state index contributed by atoms with van der Waals surface area (Å²) >= 11 is 0. The highest BCUT2D eigenvalue weighted by Crippen LogP contribution is 2.30. The van der Waals surface area contributed by atoms with Crippen molar-refractivity contribution in [3.63, 3.8) is 0 Å². The van der Waals surface area contributed by atoms with E-state index in [0.29, 0.717) is 13.2 Å². The number of nitrogens with zero attached hydrogens (tertiary/aromatic N) is 6. The topological polar surface area (TPSA) is 84.2 Å². The molecule has 5 rings (SSSR count). The molecule has 0 amide bonds. The molecule has 8 nitrogen and oxygen atoms in total. The van der Waals surface area contributed by atoms with Gasteiger partial charge in [-0.15, -0.1) is 5.10 Å². The molecule has 28 heavy (non-hydrogen) atoms. The summed E-state index contributed by atoms with van der Waals surface area (Å²) in [5.74, 6) is 0.901. The van der Waals surface area contributed by atoms with Crippen LogP contribution in [-0.2, 0) is 4.74 Å². The summed E-state index contributed by atoms with van der Waals surface area (Å²) in [6.07, 6.45) is 5.45. The molecule has 4 aromatic heterocycles. The Labute approximate surface area is 162 Å². The van der Waals surface area contributed by atoms with Crippen LogP contribution in [0.1, 0.15) is 12.6 Å². The van der Waals surface area contributed by atoms with E-state index >= 15 is 0 Å². The zero-order valence-corrected chi connectivity index (χ0v) is 15.8. The number of anilines is 1. The lowest BCUT2D eigenvalue weighted by Gasteiger charge is -2.34. The molecule has 5 heterocycles. The molecule has 1 saturated heterocycles. The smallest absolute Gasteiger partial charge is 0.162 e. The first-order valence-corrected chi connectivity index (χ1v) is 9.36. The predicted octanol–water partition coefficient (Wildman–Crippen LogP) is 2.71. The van der Waals surface area contributed by atoms with Gasteiger partial charge in [-0.1, -0.05) is 6.07 Å². The highest BCUT2D eigenvalue weighted by molar-refractivity contribution is 5.81. The summed E-state index contributed by atoms with van der Waals surface area (Å²) < 4.78 is 7.49. The Hall–Kier alpha value is -3.26. The summed E-state index contributed by atoms with van der Waals surface area (Å²) in [4.78, 5) is 11.4. The number of ether oxygens (including phenoxy) is 1.